The quantitative estimate of drug-likeness (QED) is 0.234. The van der Waals surface area contributed by atoms with Crippen molar-refractivity contribution in [3.8, 4) is 17.0 Å². The van der Waals surface area contributed by atoms with E-state index in [1.807, 2.05) is 36.4 Å². The molecule has 1 amide bonds. The number of ether oxygens (including phenoxy) is 1. The maximum absolute atomic E-state index is 12.5. The summed E-state index contributed by atoms with van der Waals surface area (Å²) in [6.45, 7) is 0.494. The lowest BCUT2D eigenvalue weighted by Gasteiger charge is -2.09. The highest BCUT2D eigenvalue weighted by atomic mass is 35.5. The zero-order valence-electron chi connectivity index (χ0n) is 16.7. The Labute approximate surface area is 194 Å². The standard InChI is InChI=1S/C24H20Cl2N2O2S/c1-30-17-9-6-15(7-10-17)22-23(18-4-2-3-5-21(18)28-22)31-13-12-27-24(29)19-14-16(25)8-11-20(19)26/h2-11,14,28H,12-13H2,1H3,(H,27,29). The predicted molar refractivity (Wildman–Crippen MR) is 130 cm³/mol. The smallest absolute Gasteiger partial charge is 0.252 e. The molecule has 0 aliphatic carbocycles. The van der Waals surface area contributed by atoms with Crippen LogP contribution in [-0.2, 0) is 0 Å². The van der Waals surface area contributed by atoms with Crippen molar-refractivity contribution in [1.29, 1.82) is 0 Å². The van der Waals surface area contributed by atoms with Crippen molar-refractivity contribution in [3.63, 3.8) is 0 Å². The van der Waals surface area contributed by atoms with Gasteiger partial charge in [0.1, 0.15) is 5.75 Å². The molecule has 0 aliphatic rings. The Morgan fingerprint density at radius 3 is 2.61 bits per heavy atom. The molecule has 0 saturated carbocycles. The first-order chi connectivity index (χ1) is 15.1. The average Bonchev–Trinajstić information content (AvgIpc) is 3.16. The second-order valence-corrected chi connectivity index (χ2v) is 8.78. The first-order valence-corrected chi connectivity index (χ1v) is 11.4. The summed E-state index contributed by atoms with van der Waals surface area (Å²) in [5, 5.41) is 4.94. The molecule has 0 saturated heterocycles. The third kappa shape index (κ3) is 4.85. The van der Waals surface area contributed by atoms with Crippen LogP contribution < -0.4 is 10.1 Å². The number of benzene rings is 3. The van der Waals surface area contributed by atoms with Gasteiger partial charge < -0.3 is 15.0 Å². The van der Waals surface area contributed by atoms with Gasteiger partial charge in [0.2, 0.25) is 0 Å². The van der Waals surface area contributed by atoms with Crippen LogP contribution in [0.4, 0.5) is 0 Å². The van der Waals surface area contributed by atoms with Crippen LogP contribution in [0.25, 0.3) is 22.2 Å². The summed E-state index contributed by atoms with van der Waals surface area (Å²) in [7, 11) is 1.66. The van der Waals surface area contributed by atoms with Crippen molar-refractivity contribution in [3.05, 3.63) is 82.3 Å². The highest BCUT2D eigenvalue weighted by Crippen LogP contribution is 2.38. The number of carbonyl (C=O) groups is 1. The van der Waals surface area contributed by atoms with Gasteiger partial charge in [0.05, 0.1) is 23.4 Å². The Hall–Kier alpha value is -2.60. The predicted octanol–water partition coefficient (Wildman–Crippen LogP) is 6.67. The van der Waals surface area contributed by atoms with Crippen molar-refractivity contribution in [2.75, 3.05) is 19.4 Å². The van der Waals surface area contributed by atoms with Gasteiger partial charge in [0, 0.05) is 33.1 Å². The molecule has 31 heavy (non-hydrogen) atoms. The number of halogens is 2. The second kappa shape index (κ2) is 9.69. The van der Waals surface area contributed by atoms with Gasteiger partial charge in [0.15, 0.2) is 0 Å². The van der Waals surface area contributed by atoms with E-state index in [4.69, 9.17) is 27.9 Å². The Morgan fingerprint density at radius 1 is 1.06 bits per heavy atom. The molecule has 0 fully saturated rings. The average molecular weight is 471 g/mol. The summed E-state index contributed by atoms with van der Waals surface area (Å²) in [5.41, 5.74) is 3.59. The summed E-state index contributed by atoms with van der Waals surface area (Å²) in [4.78, 5) is 17.1. The van der Waals surface area contributed by atoms with Crippen LogP contribution in [0.5, 0.6) is 5.75 Å². The first kappa shape index (κ1) is 21.6. The molecule has 3 aromatic carbocycles. The summed E-state index contributed by atoms with van der Waals surface area (Å²) >= 11 is 13.8. The number of thioether (sulfide) groups is 1. The fourth-order valence-electron chi connectivity index (χ4n) is 3.31. The third-order valence-corrected chi connectivity index (χ3v) is 6.53. The molecular weight excluding hydrogens is 451 g/mol. The highest BCUT2D eigenvalue weighted by Gasteiger charge is 2.15. The Bertz CT molecular complexity index is 1220. The van der Waals surface area contributed by atoms with Crippen molar-refractivity contribution < 1.29 is 9.53 Å². The van der Waals surface area contributed by atoms with E-state index >= 15 is 0 Å². The van der Waals surface area contributed by atoms with Gasteiger partial charge in [-0.1, -0.05) is 41.4 Å². The van der Waals surface area contributed by atoms with Crippen LogP contribution in [0.1, 0.15) is 10.4 Å². The van der Waals surface area contributed by atoms with E-state index in [9.17, 15) is 4.79 Å². The molecule has 0 atom stereocenters. The van der Waals surface area contributed by atoms with E-state index in [1.54, 1.807) is 37.1 Å². The number of methoxy groups -OCH3 is 1. The van der Waals surface area contributed by atoms with Crippen LogP contribution in [-0.4, -0.2) is 30.3 Å². The number of amides is 1. The number of aromatic nitrogens is 1. The number of hydrogen-bond donors (Lipinski definition) is 2. The van der Waals surface area contributed by atoms with Crippen LogP contribution in [0.2, 0.25) is 10.0 Å². The number of H-pyrrole nitrogens is 1. The zero-order valence-corrected chi connectivity index (χ0v) is 19.1. The number of hydrogen-bond acceptors (Lipinski definition) is 3. The second-order valence-electron chi connectivity index (χ2n) is 6.83. The Kier molecular flexibility index (Phi) is 6.76. The van der Waals surface area contributed by atoms with E-state index in [0.717, 1.165) is 32.8 Å². The largest absolute Gasteiger partial charge is 0.497 e. The van der Waals surface area contributed by atoms with Crippen molar-refractivity contribution >= 4 is 51.8 Å². The Balaban J connectivity index is 1.50. The van der Waals surface area contributed by atoms with Crippen LogP contribution in [0.3, 0.4) is 0 Å². The molecule has 0 bridgehead atoms. The summed E-state index contributed by atoms with van der Waals surface area (Å²) < 4.78 is 5.28. The van der Waals surface area contributed by atoms with Gasteiger partial charge >= 0.3 is 0 Å². The number of para-hydroxylation sites is 1. The van der Waals surface area contributed by atoms with Gasteiger partial charge in [-0.05, 0) is 54.1 Å². The van der Waals surface area contributed by atoms with Crippen LogP contribution >= 0.6 is 35.0 Å². The maximum atomic E-state index is 12.5. The molecule has 4 nitrogen and oxygen atoms in total. The number of rotatable bonds is 7. The molecule has 2 N–H and O–H groups in total. The number of nitrogens with one attached hydrogen (secondary N) is 2. The molecule has 1 heterocycles. The van der Waals surface area contributed by atoms with Crippen molar-refractivity contribution in [2.45, 2.75) is 4.90 Å². The molecule has 0 spiro atoms. The minimum absolute atomic E-state index is 0.234. The summed E-state index contributed by atoms with van der Waals surface area (Å²) in [6, 6.07) is 21.0. The lowest BCUT2D eigenvalue weighted by atomic mass is 10.1. The molecule has 1 aromatic heterocycles. The zero-order chi connectivity index (χ0) is 21.8. The van der Waals surface area contributed by atoms with E-state index in [-0.39, 0.29) is 5.91 Å². The van der Waals surface area contributed by atoms with E-state index in [1.165, 1.54) is 0 Å². The van der Waals surface area contributed by atoms with E-state index < -0.39 is 0 Å². The maximum Gasteiger partial charge on any atom is 0.252 e. The molecule has 0 unspecified atom stereocenters. The fourth-order valence-corrected chi connectivity index (χ4v) is 4.74. The molecule has 7 heteroatoms. The minimum atomic E-state index is -0.234. The van der Waals surface area contributed by atoms with E-state index in [2.05, 4.69) is 22.4 Å². The molecule has 158 valence electrons. The van der Waals surface area contributed by atoms with Crippen LogP contribution in [0.15, 0.2) is 71.6 Å². The monoisotopic (exact) mass is 470 g/mol. The van der Waals surface area contributed by atoms with Crippen molar-refractivity contribution in [2.24, 2.45) is 0 Å². The fraction of sp³-hybridized carbons (Fsp3) is 0.125. The van der Waals surface area contributed by atoms with Gasteiger partial charge in [-0.25, -0.2) is 0 Å². The van der Waals surface area contributed by atoms with Gasteiger partial charge in [-0.15, -0.1) is 11.8 Å². The highest BCUT2D eigenvalue weighted by molar-refractivity contribution is 7.99. The van der Waals surface area contributed by atoms with Gasteiger partial charge in [-0.3, -0.25) is 4.79 Å². The molecule has 0 aliphatic heterocycles. The summed E-state index contributed by atoms with van der Waals surface area (Å²) in [6.07, 6.45) is 0. The molecule has 0 radical (unpaired) electrons. The van der Waals surface area contributed by atoms with Gasteiger partial charge in [0.25, 0.3) is 5.91 Å². The first-order valence-electron chi connectivity index (χ1n) is 9.68. The lowest BCUT2D eigenvalue weighted by molar-refractivity contribution is 0.0956. The SMILES string of the molecule is COc1ccc(-c2[nH]c3ccccc3c2SCCNC(=O)c2cc(Cl)ccc2Cl)cc1. The third-order valence-electron chi connectivity index (χ3n) is 4.84. The minimum Gasteiger partial charge on any atom is -0.497 e. The number of carbonyl (C=O) groups excluding carboxylic acids is 1. The topological polar surface area (TPSA) is 54.1 Å². The van der Waals surface area contributed by atoms with Crippen LogP contribution in [0, 0.1) is 0 Å². The number of aromatic amines is 1. The molecule has 4 aromatic rings. The molecular formula is C24H20Cl2N2O2S. The van der Waals surface area contributed by atoms with Crippen molar-refractivity contribution in [1.82, 2.24) is 10.3 Å². The van der Waals surface area contributed by atoms with E-state index in [0.29, 0.717) is 27.9 Å². The molecule has 4 rings (SSSR count). The number of fused-ring (bicyclic) bond motifs is 1. The Morgan fingerprint density at radius 2 is 1.84 bits per heavy atom. The van der Waals surface area contributed by atoms with Gasteiger partial charge in [-0.2, -0.15) is 0 Å². The summed E-state index contributed by atoms with van der Waals surface area (Å²) in [5.74, 6) is 1.29. The normalized spacial score (nSPS) is 10.9. The lowest BCUT2D eigenvalue weighted by Crippen LogP contribution is -2.26.